The van der Waals surface area contributed by atoms with Crippen LogP contribution in [0.25, 0.3) is 0 Å². The van der Waals surface area contributed by atoms with Gasteiger partial charge in [-0.05, 0) is 30.7 Å². The summed E-state index contributed by atoms with van der Waals surface area (Å²) < 4.78 is 5.23. The zero-order valence-electron chi connectivity index (χ0n) is 8.85. The first-order valence-electron chi connectivity index (χ1n) is 5.41. The topological polar surface area (TPSA) is 64.9 Å². The molecular weight excluding hydrogens is 222 g/mol. The first-order chi connectivity index (χ1) is 7.76. The van der Waals surface area contributed by atoms with Gasteiger partial charge in [-0.25, -0.2) is 0 Å². The van der Waals surface area contributed by atoms with Crippen LogP contribution < -0.4 is 5.73 Å². The van der Waals surface area contributed by atoms with Crippen molar-refractivity contribution in [2.75, 3.05) is 0 Å². The summed E-state index contributed by atoms with van der Waals surface area (Å²) in [7, 11) is 0. The molecule has 0 saturated heterocycles. The van der Waals surface area contributed by atoms with Crippen molar-refractivity contribution in [2.45, 2.75) is 31.2 Å². The Hall–Kier alpha value is -1.20. The summed E-state index contributed by atoms with van der Waals surface area (Å²) in [6, 6.07) is 4.09. The summed E-state index contributed by atoms with van der Waals surface area (Å²) in [4.78, 5) is 5.61. The minimum Gasteiger partial charge on any atom is -0.339 e. The molecule has 16 heavy (non-hydrogen) atoms. The second-order valence-electron chi connectivity index (χ2n) is 4.28. The normalized spacial score (nSPS) is 18.3. The number of thiophene rings is 1. The van der Waals surface area contributed by atoms with Crippen LogP contribution in [0.5, 0.6) is 0 Å². The lowest BCUT2D eigenvalue weighted by Crippen LogP contribution is -2.44. The van der Waals surface area contributed by atoms with Crippen LogP contribution in [0.2, 0.25) is 0 Å². The molecule has 0 atom stereocenters. The molecule has 84 valence electrons. The lowest BCUT2D eigenvalue weighted by atomic mass is 9.77. The Morgan fingerprint density at radius 1 is 1.50 bits per heavy atom. The molecule has 1 aliphatic carbocycles. The minimum absolute atomic E-state index is 0.322. The highest BCUT2D eigenvalue weighted by Gasteiger charge is 2.38. The highest BCUT2D eigenvalue weighted by molar-refractivity contribution is 7.09. The molecule has 0 spiro atoms. The number of hydrogen-bond donors (Lipinski definition) is 1. The molecule has 2 aromatic heterocycles. The molecule has 2 N–H and O–H groups in total. The monoisotopic (exact) mass is 235 g/mol. The van der Waals surface area contributed by atoms with Crippen molar-refractivity contribution in [3.8, 4) is 0 Å². The van der Waals surface area contributed by atoms with Crippen LogP contribution in [-0.2, 0) is 12.0 Å². The van der Waals surface area contributed by atoms with E-state index in [4.69, 9.17) is 10.3 Å². The van der Waals surface area contributed by atoms with E-state index in [1.54, 1.807) is 11.3 Å². The van der Waals surface area contributed by atoms with Gasteiger partial charge in [-0.15, -0.1) is 11.3 Å². The summed E-state index contributed by atoms with van der Waals surface area (Å²) in [5.41, 5.74) is 5.81. The third kappa shape index (κ3) is 1.66. The van der Waals surface area contributed by atoms with Crippen LogP contribution in [0, 0.1) is 0 Å². The van der Waals surface area contributed by atoms with Crippen molar-refractivity contribution < 1.29 is 4.52 Å². The highest BCUT2D eigenvalue weighted by atomic mass is 32.1. The number of nitrogens with zero attached hydrogens (tertiary/aromatic N) is 2. The number of hydrogen-bond acceptors (Lipinski definition) is 5. The third-order valence-corrected chi connectivity index (χ3v) is 3.94. The molecule has 2 aromatic rings. The fourth-order valence-electron chi connectivity index (χ4n) is 1.87. The maximum Gasteiger partial charge on any atom is 0.231 e. The minimum atomic E-state index is -0.322. The average molecular weight is 235 g/mol. The van der Waals surface area contributed by atoms with E-state index in [9.17, 15) is 0 Å². The van der Waals surface area contributed by atoms with Crippen LogP contribution in [-0.4, -0.2) is 10.1 Å². The van der Waals surface area contributed by atoms with E-state index in [-0.39, 0.29) is 5.54 Å². The predicted molar refractivity (Wildman–Crippen MR) is 61.1 cm³/mol. The van der Waals surface area contributed by atoms with Gasteiger partial charge in [-0.2, -0.15) is 4.98 Å². The summed E-state index contributed by atoms with van der Waals surface area (Å²) in [6.45, 7) is 0. The Labute approximate surface area is 97.5 Å². The number of aromatic nitrogens is 2. The molecule has 0 aromatic carbocycles. The zero-order valence-corrected chi connectivity index (χ0v) is 9.67. The predicted octanol–water partition coefficient (Wildman–Crippen LogP) is 2.06. The fraction of sp³-hybridized carbons (Fsp3) is 0.455. The van der Waals surface area contributed by atoms with E-state index in [2.05, 4.69) is 16.2 Å². The summed E-state index contributed by atoms with van der Waals surface area (Å²) in [6.07, 6.45) is 3.79. The maximum absolute atomic E-state index is 6.13. The van der Waals surface area contributed by atoms with E-state index < -0.39 is 0 Å². The third-order valence-electron chi connectivity index (χ3n) is 3.06. The van der Waals surface area contributed by atoms with Gasteiger partial charge in [0.05, 0.1) is 12.0 Å². The van der Waals surface area contributed by atoms with E-state index in [0.717, 1.165) is 19.3 Å². The van der Waals surface area contributed by atoms with E-state index in [1.807, 2.05) is 11.4 Å². The Morgan fingerprint density at radius 3 is 3.00 bits per heavy atom. The molecule has 0 bridgehead atoms. The molecule has 1 saturated carbocycles. The van der Waals surface area contributed by atoms with Crippen molar-refractivity contribution >= 4 is 11.3 Å². The van der Waals surface area contributed by atoms with Crippen molar-refractivity contribution in [1.29, 1.82) is 0 Å². The van der Waals surface area contributed by atoms with Crippen molar-refractivity contribution in [3.05, 3.63) is 34.1 Å². The Morgan fingerprint density at radius 2 is 2.38 bits per heavy atom. The van der Waals surface area contributed by atoms with Gasteiger partial charge in [0.1, 0.15) is 0 Å². The Kier molecular flexibility index (Phi) is 2.29. The molecule has 0 unspecified atom stereocenters. The second kappa shape index (κ2) is 3.68. The average Bonchev–Trinajstić information content (AvgIpc) is 2.86. The molecule has 0 radical (unpaired) electrons. The van der Waals surface area contributed by atoms with Crippen molar-refractivity contribution in [3.63, 3.8) is 0 Å². The molecule has 3 rings (SSSR count). The molecule has 5 heteroatoms. The van der Waals surface area contributed by atoms with Crippen LogP contribution in [0.15, 0.2) is 22.0 Å². The quantitative estimate of drug-likeness (QED) is 0.884. The summed E-state index contributed by atoms with van der Waals surface area (Å²) in [5, 5.41) is 6.03. The Balaban J connectivity index is 1.78. The lowest BCUT2D eigenvalue weighted by Gasteiger charge is -2.34. The van der Waals surface area contributed by atoms with Crippen LogP contribution in [0.1, 0.15) is 35.9 Å². The number of rotatable bonds is 3. The van der Waals surface area contributed by atoms with Gasteiger partial charge in [-0.3, -0.25) is 0 Å². The highest BCUT2D eigenvalue weighted by Crippen LogP contribution is 2.36. The van der Waals surface area contributed by atoms with Gasteiger partial charge in [0.25, 0.3) is 0 Å². The SMILES string of the molecule is NC1(c2noc(Cc3cccs3)n2)CCC1. The molecule has 1 aliphatic rings. The van der Waals surface area contributed by atoms with Crippen LogP contribution in [0.4, 0.5) is 0 Å². The van der Waals surface area contributed by atoms with E-state index in [1.165, 1.54) is 4.88 Å². The standard InChI is InChI=1S/C11H13N3OS/c12-11(4-2-5-11)10-13-9(15-14-10)7-8-3-1-6-16-8/h1,3,6H,2,4-5,7,12H2. The van der Waals surface area contributed by atoms with E-state index in [0.29, 0.717) is 18.1 Å². The molecule has 4 nitrogen and oxygen atoms in total. The molecule has 0 aliphatic heterocycles. The van der Waals surface area contributed by atoms with Crippen LogP contribution >= 0.6 is 11.3 Å². The van der Waals surface area contributed by atoms with E-state index >= 15 is 0 Å². The van der Waals surface area contributed by atoms with Gasteiger partial charge in [0.15, 0.2) is 5.82 Å². The summed E-state index contributed by atoms with van der Waals surface area (Å²) in [5.74, 6) is 1.33. The molecule has 2 heterocycles. The second-order valence-corrected chi connectivity index (χ2v) is 5.31. The van der Waals surface area contributed by atoms with Crippen LogP contribution in [0.3, 0.4) is 0 Å². The van der Waals surface area contributed by atoms with Gasteiger partial charge < -0.3 is 10.3 Å². The van der Waals surface area contributed by atoms with Gasteiger partial charge >= 0.3 is 0 Å². The number of nitrogens with two attached hydrogens (primary N) is 1. The first kappa shape index (κ1) is 9.99. The van der Waals surface area contributed by atoms with Crippen molar-refractivity contribution in [1.82, 2.24) is 10.1 Å². The lowest BCUT2D eigenvalue weighted by molar-refractivity contribution is 0.229. The largest absolute Gasteiger partial charge is 0.339 e. The first-order valence-corrected chi connectivity index (χ1v) is 6.29. The van der Waals surface area contributed by atoms with Crippen molar-refractivity contribution in [2.24, 2.45) is 5.73 Å². The fourth-order valence-corrected chi connectivity index (χ4v) is 2.57. The van der Waals surface area contributed by atoms with Gasteiger partial charge in [-0.1, -0.05) is 11.2 Å². The molecular formula is C11H13N3OS. The summed E-state index contributed by atoms with van der Waals surface area (Å²) >= 11 is 1.70. The Bertz CT molecular complexity index is 473. The maximum atomic E-state index is 6.13. The smallest absolute Gasteiger partial charge is 0.231 e. The molecule has 0 amide bonds. The zero-order chi connectivity index (χ0) is 11.0. The van der Waals surface area contributed by atoms with Gasteiger partial charge in [0.2, 0.25) is 5.89 Å². The van der Waals surface area contributed by atoms with Gasteiger partial charge in [0, 0.05) is 4.88 Å². The molecule has 1 fully saturated rings.